The highest BCUT2D eigenvalue weighted by Crippen LogP contribution is 2.25. The molecule has 0 radical (unpaired) electrons. The normalized spacial score (nSPS) is 11.3. The van der Waals surface area contributed by atoms with Gasteiger partial charge in [-0.2, -0.15) is 0 Å². The third-order valence-electron chi connectivity index (χ3n) is 4.12. The second-order valence-electron chi connectivity index (χ2n) is 5.96. The highest BCUT2D eigenvalue weighted by molar-refractivity contribution is 5.81. The fourth-order valence-electron chi connectivity index (χ4n) is 2.85. The van der Waals surface area contributed by atoms with Crippen LogP contribution in [0, 0.1) is 19.7 Å². The first-order valence-electron chi connectivity index (χ1n) is 7.74. The zero-order chi connectivity index (χ0) is 16.7. The summed E-state index contributed by atoms with van der Waals surface area (Å²) in [5.74, 6) is 0.597. The van der Waals surface area contributed by atoms with Crippen molar-refractivity contribution in [2.45, 2.75) is 20.4 Å². The van der Waals surface area contributed by atoms with Crippen molar-refractivity contribution in [1.82, 2.24) is 14.7 Å². The Morgan fingerprint density at radius 2 is 1.96 bits per heavy atom. The molecule has 4 aromatic rings. The average molecular weight is 321 g/mol. The molecule has 0 aliphatic heterocycles. The molecule has 120 valence electrons. The lowest BCUT2D eigenvalue weighted by Crippen LogP contribution is -1.98. The van der Waals surface area contributed by atoms with Crippen LogP contribution in [0.3, 0.4) is 0 Å². The van der Waals surface area contributed by atoms with Crippen molar-refractivity contribution in [3.05, 3.63) is 71.6 Å². The zero-order valence-corrected chi connectivity index (χ0v) is 13.5. The first-order chi connectivity index (χ1) is 11.6. The molecule has 0 fully saturated rings. The quantitative estimate of drug-likeness (QED) is 0.558. The summed E-state index contributed by atoms with van der Waals surface area (Å²) >= 11 is 0. The third kappa shape index (κ3) is 2.58. The molecule has 0 atom stereocenters. The molecule has 0 spiro atoms. The molecule has 3 heterocycles. The van der Waals surface area contributed by atoms with Crippen molar-refractivity contribution in [2.75, 3.05) is 0 Å². The van der Waals surface area contributed by atoms with Crippen LogP contribution < -0.4 is 0 Å². The smallest absolute Gasteiger partial charge is 0.133 e. The van der Waals surface area contributed by atoms with Gasteiger partial charge in [0.25, 0.3) is 0 Å². The summed E-state index contributed by atoms with van der Waals surface area (Å²) in [4.78, 5) is 4.52. The molecule has 0 amide bonds. The van der Waals surface area contributed by atoms with E-state index in [1.807, 2.05) is 37.5 Å². The molecular formula is C19H16FN3O. The Kier molecular flexibility index (Phi) is 3.41. The Balaban J connectivity index is 1.76. The van der Waals surface area contributed by atoms with E-state index in [1.54, 1.807) is 13.0 Å². The van der Waals surface area contributed by atoms with E-state index in [1.165, 1.54) is 6.07 Å². The van der Waals surface area contributed by atoms with Crippen LogP contribution in [0.4, 0.5) is 4.39 Å². The van der Waals surface area contributed by atoms with Gasteiger partial charge in [0.2, 0.25) is 0 Å². The maximum absolute atomic E-state index is 13.5. The van der Waals surface area contributed by atoms with Crippen molar-refractivity contribution < 1.29 is 8.91 Å². The van der Waals surface area contributed by atoms with E-state index in [4.69, 9.17) is 4.52 Å². The van der Waals surface area contributed by atoms with Gasteiger partial charge in [0.15, 0.2) is 0 Å². The van der Waals surface area contributed by atoms with Gasteiger partial charge >= 0.3 is 0 Å². The molecule has 5 heteroatoms. The maximum Gasteiger partial charge on any atom is 0.133 e. The standard InChI is InChI=1S/C19H16FN3O/c1-12-7-14(3-4-17(12)20)15-9-19-18(21-10-15)5-6-23(19)11-16-8-13(2)24-22-16/h3-10H,11H2,1-2H3. The summed E-state index contributed by atoms with van der Waals surface area (Å²) in [5.41, 5.74) is 5.33. The van der Waals surface area contributed by atoms with Gasteiger partial charge in [0.1, 0.15) is 17.3 Å². The van der Waals surface area contributed by atoms with Crippen molar-refractivity contribution in [2.24, 2.45) is 0 Å². The molecule has 0 saturated carbocycles. The minimum atomic E-state index is -0.197. The van der Waals surface area contributed by atoms with Crippen LogP contribution in [0.5, 0.6) is 0 Å². The predicted molar refractivity (Wildman–Crippen MR) is 90.2 cm³/mol. The van der Waals surface area contributed by atoms with E-state index < -0.39 is 0 Å². The van der Waals surface area contributed by atoms with Crippen LogP contribution in [0.15, 0.2) is 53.3 Å². The van der Waals surface area contributed by atoms with Gasteiger partial charge in [-0.25, -0.2) is 4.39 Å². The highest BCUT2D eigenvalue weighted by atomic mass is 19.1. The SMILES string of the molecule is Cc1cc(Cn2ccc3ncc(-c4ccc(F)c(C)c4)cc32)no1. The van der Waals surface area contributed by atoms with Crippen LogP contribution in [0.2, 0.25) is 0 Å². The molecule has 1 aromatic carbocycles. The fraction of sp³-hybridized carbons (Fsp3) is 0.158. The minimum absolute atomic E-state index is 0.197. The summed E-state index contributed by atoms with van der Waals surface area (Å²) in [5, 5.41) is 4.04. The number of hydrogen-bond acceptors (Lipinski definition) is 3. The fourth-order valence-corrected chi connectivity index (χ4v) is 2.85. The summed E-state index contributed by atoms with van der Waals surface area (Å²) in [7, 11) is 0. The number of aryl methyl sites for hydroxylation is 2. The largest absolute Gasteiger partial charge is 0.361 e. The molecule has 0 N–H and O–H groups in total. The predicted octanol–water partition coefficient (Wildman–Crippen LogP) is 4.50. The first kappa shape index (κ1) is 14.6. The van der Waals surface area contributed by atoms with Gasteiger partial charge in [-0.1, -0.05) is 11.2 Å². The number of aromatic nitrogens is 3. The van der Waals surface area contributed by atoms with Gasteiger partial charge in [-0.05, 0) is 49.2 Å². The van der Waals surface area contributed by atoms with Crippen LogP contribution in [0.1, 0.15) is 17.0 Å². The average Bonchev–Trinajstić information content (AvgIpc) is 3.16. The van der Waals surface area contributed by atoms with Crippen LogP contribution in [0.25, 0.3) is 22.2 Å². The van der Waals surface area contributed by atoms with E-state index in [-0.39, 0.29) is 5.82 Å². The molecule has 4 nitrogen and oxygen atoms in total. The number of pyridine rings is 1. The lowest BCUT2D eigenvalue weighted by Gasteiger charge is -2.06. The summed E-state index contributed by atoms with van der Waals surface area (Å²) in [6.07, 6.45) is 3.81. The third-order valence-corrected chi connectivity index (χ3v) is 4.12. The monoisotopic (exact) mass is 321 g/mol. The van der Waals surface area contributed by atoms with Crippen LogP contribution >= 0.6 is 0 Å². The van der Waals surface area contributed by atoms with Crippen molar-refractivity contribution in [3.63, 3.8) is 0 Å². The Bertz CT molecular complexity index is 1030. The second-order valence-corrected chi connectivity index (χ2v) is 5.96. The molecule has 3 aromatic heterocycles. The Morgan fingerprint density at radius 3 is 2.71 bits per heavy atom. The van der Waals surface area contributed by atoms with Gasteiger partial charge < -0.3 is 9.09 Å². The number of benzene rings is 1. The lowest BCUT2D eigenvalue weighted by atomic mass is 10.0. The summed E-state index contributed by atoms with van der Waals surface area (Å²) < 4.78 is 20.7. The topological polar surface area (TPSA) is 43.9 Å². The highest BCUT2D eigenvalue weighted by Gasteiger charge is 2.09. The molecule has 4 rings (SSSR count). The van der Waals surface area contributed by atoms with E-state index in [9.17, 15) is 4.39 Å². The molecule has 0 aliphatic carbocycles. The molecule has 0 unspecified atom stereocenters. The molecule has 0 saturated heterocycles. The van der Waals surface area contributed by atoms with Crippen molar-refractivity contribution >= 4 is 11.0 Å². The van der Waals surface area contributed by atoms with Crippen molar-refractivity contribution in [1.29, 1.82) is 0 Å². The van der Waals surface area contributed by atoms with Crippen molar-refractivity contribution in [3.8, 4) is 11.1 Å². The number of fused-ring (bicyclic) bond motifs is 1. The Morgan fingerprint density at radius 1 is 1.08 bits per heavy atom. The Hall–Kier alpha value is -2.95. The summed E-state index contributed by atoms with van der Waals surface area (Å²) in [6, 6.07) is 11.1. The van der Waals surface area contributed by atoms with E-state index in [0.29, 0.717) is 12.1 Å². The van der Waals surface area contributed by atoms with E-state index in [0.717, 1.165) is 33.6 Å². The number of hydrogen-bond donors (Lipinski definition) is 0. The van der Waals surface area contributed by atoms with E-state index >= 15 is 0 Å². The number of rotatable bonds is 3. The minimum Gasteiger partial charge on any atom is -0.361 e. The Labute approximate surface area is 138 Å². The van der Waals surface area contributed by atoms with Gasteiger partial charge in [-0.15, -0.1) is 0 Å². The maximum atomic E-state index is 13.5. The van der Waals surface area contributed by atoms with Crippen LogP contribution in [-0.2, 0) is 6.54 Å². The number of halogens is 1. The first-order valence-corrected chi connectivity index (χ1v) is 7.74. The van der Waals surface area contributed by atoms with Gasteiger partial charge in [-0.3, -0.25) is 4.98 Å². The lowest BCUT2D eigenvalue weighted by molar-refractivity contribution is 0.389. The summed E-state index contributed by atoms with van der Waals surface area (Å²) in [6.45, 7) is 4.26. The molecule has 0 aliphatic rings. The molecule has 24 heavy (non-hydrogen) atoms. The second kappa shape index (κ2) is 5.60. The van der Waals surface area contributed by atoms with E-state index in [2.05, 4.69) is 20.8 Å². The molecular weight excluding hydrogens is 305 g/mol. The van der Waals surface area contributed by atoms with Gasteiger partial charge in [0, 0.05) is 24.0 Å². The zero-order valence-electron chi connectivity index (χ0n) is 13.5. The van der Waals surface area contributed by atoms with Crippen LogP contribution in [-0.4, -0.2) is 14.7 Å². The number of nitrogens with zero attached hydrogens (tertiary/aromatic N) is 3. The molecule has 0 bridgehead atoms. The van der Waals surface area contributed by atoms with Gasteiger partial charge in [0.05, 0.1) is 17.6 Å².